The number of ether oxygens (including phenoxy) is 1. The second kappa shape index (κ2) is 6.11. The number of amides is 1. The number of morpholine rings is 1. The monoisotopic (exact) mass is 298 g/mol. The van der Waals surface area contributed by atoms with Gasteiger partial charge in [-0.2, -0.15) is 0 Å². The van der Waals surface area contributed by atoms with Crippen LogP contribution >= 0.6 is 0 Å². The van der Waals surface area contributed by atoms with Gasteiger partial charge in [0.05, 0.1) is 12.7 Å². The minimum absolute atomic E-state index is 0.263. The van der Waals surface area contributed by atoms with Crippen LogP contribution in [0.15, 0.2) is 42.6 Å². The Labute approximate surface area is 128 Å². The predicted molar refractivity (Wildman–Crippen MR) is 83.2 cm³/mol. The third kappa shape index (κ3) is 2.78. The van der Waals surface area contributed by atoms with E-state index in [9.17, 15) is 4.79 Å². The van der Waals surface area contributed by atoms with Crippen LogP contribution in [0, 0.1) is 0 Å². The van der Waals surface area contributed by atoms with Gasteiger partial charge in [-0.1, -0.05) is 30.3 Å². The number of primary amides is 1. The fourth-order valence-corrected chi connectivity index (χ4v) is 2.70. The summed E-state index contributed by atoms with van der Waals surface area (Å²) in [5.74, 6) is 0.903. The van der Waals surface area contributed by atoms with E-state index in [1.807, 2.05) is 42.2 Å². The van der Waals surface area contributed by atoms with Gasteiger partial charge in [-0.05, 0) is 13.0 Å². The summed E-state index contributed by atoms with van der Waals surface area (Å²) in [7, 11) is 0. The van der Waals surface area contributed by atoms with Gasteiger partial charge in [0.2, 0.25) is 5.91 Å². The van der Waals surface area contributed by atoms with E-state index in [1.165, 1.54) is 0 Å². The van der Waals surface area contributed by atoms with Gasteiger partial charge >= 0.3 is 0 Å². The summed E-state index contributed by atoms with van der Waals surface area (Å²) in [6.07, 6.45) is 1.43. The average molecular weight is 298 g/mol. The van der Waals surface area contributed by atoms with Gasteiger partial charge in [0.15, 0.2) is 5.82 Å². The lowest BCUT2D eigenvalue weighted by atomic mass is 10.1. The van der Waals surface area contributed by atoms with Crippen molar-refractivity contribution in [3.8, 4) is 11.4 Å². The second-order valence-corrected chi connectivity index (χ2v) is 5.22. The van der Waals surface area contributed by atoms with Crippen molar-refractivity contribution >= 4 is 11.7 Å². The molecular formula is C16H18N4O2. The smallest absolute Gasteiger partial charge is 0.242 e. The summed E-state index contributed by atoms with van der Waals surface area (Å²) >= 11 is 0. The Morgan fingerprint density at radius 1 is 1.32 bits per heavy atom. The molecule has 3 rings (SSSR count). The number of anilines is 1. The van der Waals surface area contributed by atoms with Crippen LogP contribution in [0.5, 0.6) is 0 Å². The maximum Gasteiger partial charge on any atom is 0.242 e. The van der Waals surface area contributed by atoms with Crippen molar-refractivity contribution < 1.29 is 9.53 Å². The number of carbonyl (C=O) groups excluding carboxylic acids is 1. The molecule has 0 bridgehead atoms. The molecule has 1 aliphatic heterocycles. The van der Waals surface area contributed by atoms with Crippen molar-refractivity contribution in [1.29, 1.82) is 0 Å². The molecule has 1 amide bonds. The van der Waals surface area contributed by atoms with Gasteiger partial charge in [-0.3, -0.25) is 4.79 Å². The maximum atomic E-state index is 11.8. The van der Waals surface area contributed by atoms with Crippen molar-refractivity contribution in [3.05, 3.63) is 42.6 Å². The third-order valence-corrected chi connectivity index (χ3v) is 3.75. The van der Waals surface area contributed by atoms with Gasteiger partial charge in [-0.15, -0.1) is 0 Å². The van der Waals surface area contributed by atoms with Crippen LogP contribution < -0.4 is 10.6 Å². The van der Waals surface area contributed by atoms with E-state index in [1.54, 1.807) is 12.3 Å². The number of carbonyl (C=O) groups is 1. The van der Waals surface area contributed by atoms with Gasteiger partial charge in [0, 0.05) is 18.3 Å². The fourth-order valence-electron chi connectivity index (χ4n) is 2.70. The summed E-state index contributed by atoms with van der Waals surface area (Å²) in [6, 6.07) is 11.0. The van der Waals surface area contributed by atoms with E-state index in [0.29, 0.717) is 24.8 Å². The van der Waals surface area contributed by atoms with E-state index in [-0.39, 0.29) is 6.10 Å². The van der Waals surface area contributed by atoms with Crippen LogP contribution in [0.4, 0.5) is 5.82 Å². The molecule has 0 unspecified atom stereocenters. The van der Waals surface area contributed by atoms with Crippen LogP contribution in [0.25, 0.3) is 11.4 Å². The van der Waals surface area contributed by atoms with Crippen LogP contribution in [0.1, 0.15) is 6.92 Å². The zero-order valence-electron chi connectivity index (χ0n) is 12.3. The number of hydrogen-bond acceptors (Lipinski definition) is 5. The van der Waals surface area contributed by atoms with Crippen molar-refractivity contribution in [3.63, 3.8) is 0 Å². The molecule has 2 atom stereocenters. The molecule has 6 heteroatoms. The Morgan fingerprint density at radius 3 is 2.82 bits per heavy atom. The third-order valence-electron chi connectivity index (χ3n) is 3.75. The lowest BCUT2D eigenvalue weighted by molar-refractivity contribution is -0.124. The van der Waals surface area contributed by atoms with E-state index in [4.69, 9.17) is 10.5 Å². The average Bonchev–Trinajstić information content (AvgIpc) is 2.55. The van der Waals surface area contributed by atoms with Gasteiger partial charge in [-0.25, -0.2) is 9.97 Å². The van der Waals surface area contributed by atoms with Crippen molar-refractivity contribution in [2.45, 2.75) is 19.1 Å². The van der Waals surface area contributed by atoms with Crippen LogP contribution in [0.2, 0.25) is 0 Å². The van der Waals surface area contributed by atoms with E-state index >= 15 is 0 Å². The number of nitrogens with two attached hydrogens (primary N) is 1. The Bertz CT molecular complexity index is 662. The Morgan fingerprint density at radius 2 is 2.09 bits per heavy atom. The minimum Gasteiger partial charge on any atom is -0.374 e. The first kappa shape index (κ1) is 14.5. The van der Waals surface area contributed by atoms with Crippen molar-refractivity contribution in [2.24, 2.45) is 5.73 Å². The molecule has 2 heterocycles. The number of nitrogens with zero attached hydrogens (tertiary/aromatic N) is 3. The number of benzene rings is 1. The lowest BCUT2D eigenvalue weighted by Gasteiger charge is -2.38. The van der Waals surface area contributed by atoms with E-state index in [0.717, 1.165) is 5.56 Å². The molecule has 1 fully saturated rings. The summed E-state index contributed by atoms with van der Waals surface area (Å²) < 4.78 is 5.53. The summed E-state index contributed by atoms with van der Waals surface area (Å²) in [5, 5.41) is 0. The molecule has 0 spiro atoms. The highest BCUT2D eigenvalue weighted by molar-refractivity contribution is 5.84. The highest BCUT2D eigenvalue weighted by atomic mass is 16.5. The van der Waals surface area contributed by atoms with Crippen molar-refractivity contribution in [2.75, 3.05) is 18.1 Å². The standard InChI is InChI=1S/C16H18N4O2/c1-11-14(15(17)21)20(9-10-22-11)13-7-8-18-16(19-13)12-5-3-2-4-6-12/h2-8,11,14H,9-10H2,1H3,(H2,17,21)/t11-,14+/m1/s1. The normalized spacial score (nSPS) is 21.6. The Kier molecular flexibility index (Phi) is 4.02. The highest BCUT2D eigenvalue weighted by Crippen LogP contribution is 2.23. The van der Waals surface area contributed by atoms with E-state index in [2.05, 4.69) is 9.97 Å². The first-order valence-electron chi connectivity index (χ1n) is 7.23. The van der Waals surface area contributed by atoms with Crippen LogP contribution in [0.3, 0.4) is 0 Å². The largest absolute Gasteiger partial charge is 0.374 e. The molecule has 0 aliphatic carbocycles. The molecule has 6 nitrogen and oxygen atoms in total. The zero-order chi connectivity index (χ0) is 15.5. The first-order chi connectivity index (χ1) is 10.7. The molecule has 2 aromatic rings. The summed E-state index contributed by atoms with van der Waals surface area (Å²) in [4.78, 5) is 22.5. The van der Waals surface area contributed by atoms with Gasteiger partial charge in [0.1, 0.15) is 11.9 Å². The molecule has 2 N–H and O–H groups in total. The molecule has 1 saturated heterocycles. The second-order valence-electron chi connectivity index (χ2n) is 5.22. The predicted octanol–water partition coefficient (Wildman–Crippen LogP) is 1.22. The fraction of sp³-hybridized carbons (Fsp3) is 0.312. The summed E-state index contributed by atoms with van der Waals surface area (Å²) in [6.45, 7) is 2.96. The Balaban J connectivity index is 1.96. The molecule has 0 radical (unpaired) electrons. The summed E-state index contributed by atoms with van der Waals surface area (Å²) in [5.41, 5.74) is 6.46. The first-order valence-corrected chi connectivity index (χ1v) is 7.23. The van der Waals surface area contributed by atoms with Gasteiger partial charge in [0.25, 0.3) is 0 Å². The van der Waals surface area contributed by atoms with Crippen LogP contribution in [-0.2, 0) is 9.53 Å². The van der Waals surface area contributed by atoms with Gasteiger partial charge < -0.3 is 15.4 Å². The number of hydrogen-bond donors (Lipinski definition) is 1. The molecule has 1 aromatic carbocycles. The minimum atomic E-state index is -0.521. The quantitative estimate of drug-likeness (QED) is 0.921. The molecule has 1 aliphatic rings. The van der Waals surface area contributed by atoms with Crippen LogP contribution in [-0.4, -0.2) is 41.2 Å². The highest BCUT2D eigenvalue weighted by Gasteiger charge is 2.34. The Hall–Kier alpha value is -2.47. The molecule has 1 aromatic heterocycles. The van der Waals surface area contributed by atoms with E-state index < -0.39 is 11.9 Å². The zero-order valence-corrected chi connectivity index (χ0v) is 12.3. The molecule has 0 saturated carbocycles. The molecule has 22 heavy (non-hydrogen) atoms. The number of aromatic nitrogens is 2. The lowest BCUT2D eigenvalue weighted by Crippen LogP contribution is -2.57. The topological polar surface area (TPSA) is 81.3 Å². The van der Waals surface area contributed by atoms with Crippen molar-refractivity contribution in [1.82, 2.24) is 9.97 Å². The molecular weight excluding hydrogens is 280 g/mol. The number of rotatable bonds is 3. The maximum absolute atomic E-state index is 11.8. The SMILES string of the molecule is C[C@H]1OCCN(c2ccnc(-c3ccccc3)n2)[C@@H]1C(N)=O. The molecule has 114 valence electrons.